The molecule has 0 fully saturated rings. The van der Waals surface area contributed by atoms with Gasteiger partial charge in [0, 0.05) is 18.6 Å². The summed E-state index contributed by atoms with van der Waals surface area (Å²) in [5.74, 6) is 0.0202. The van der Waals surface area contributed by atoms with Crippen LogP contribution in [0.4, 0.5) is 0 Å². The third kappa shape index (κ3) is 5.03. The smallest absolute Gasteiger partial charge is 0.237 e. The van der Waals surface area contributed by atoms with Crippen molar-refractivity contribution in [3.63, 3.8) is 0 Å². The molecule has 19 heavy (non-hydrogen) atoms. The first kappa shape index (κ1) is 15.7. The molecule has 1 aromatic rings. The van der Waals surface area contributed by atoms with E-state index in [0.29, 0.717) is 6.54 Å². The zero-order valence-corrected chi connectivity index (χ0v) is 12.9. The Morgan fingerprint density at radius 3 is 2.63 bits per heavy atom. The van der Waals surface area contributed by atoms with E-state index in [9.17, 15) is 4.79 Å². The number of nitrogens with one attached hydrogen (secondary N) is 2. The zero-order chi connectivity index (χ0) is 14.6. The van der Waals surface area contributed by atoms with Crippen LogP contribution in [0.25, 0.3) is 0 Å². The highest BCUT2D eigenvalue weighted by atomic mass is 16.2. The fourth-order valence-corrected chi connectivity index (χ4v) is 1.84. The summed E-state index contributed by atoms with van der Waals surface area (Å²) in [4.78, 5) is 11.9. The number of aromatic nitrogens is 2. The third-order valence-corrected chi connectivity index (χ3v) is 2.77. The second-order valence-electron chi connectivity index (χ2n) is 5.93. The molecule has 0 spiro atoms. The predicted molar refractivity (Wildman–Crippen MR) is 76.8 cm³/mol. The standard InChI is InChI=1S/C14H26N4O/c1-7-18-12(8-10(2)17-18)9-15-11(3)13(19)16-14(4,5)6/h8,11,15H,7,9H2,1-6H3,(H,16,19). The number of amides is 1. The van der Waals surface area contributed by atoms with Crippen LogP contribution in [0.5, 0.6) is 0 Å². The molecule has 1 heterocycles. The average molecular weight is 266 g/mol. The van der Waals surface area contributed by atoms with Crippen molar-refractivity contribution in [2.24, 2.45) is 0 Å². The van der Waals surface area contributed by atoms with E-state index in [-0.39, 0.29) is 17.5 Å². The van der Waals surface area contributed by atoms with Crippen LogP contribution >= 0.6 is 0 Å². The molecule has 2 N–H and O–H groups in total. The molecular weight excluding hydrogens is 240 g/mol. The van der Waals surface area contributed by atoms with Crippen molar-refractivity contribution in [1.82, 2.24) is 20.4 Å². The highest BCUT2D eigenvalue weighted by Gasteiger charge is 2.19. The van der Waals surface area contributed by atoms with Gasteiger partial charge in [0.25, 0.3) is 0 Å². The van der Waals surface area contributed by atoms with E-state index in [4.69, 9.17) is 0 Å². The number of rotatable bonds is 5. The molecule has 0 saturated heterocycles. The Kier molecular flexibility index (Phi) is 5.11. The van der Waals surface area contributed by atoms with Crippen molar-refractivity contribution in [2.45, 2.75) is 66.2 Å². The van der Waals surface area contributed by atoms with Crippen LogP contribution in [-0.4, -0.2) is 27.3 Å². The van der Waals surface area contributed by atoms with Gasteiger partial charge in [-0.1, -0.05) is 0 Å². The quantitative estimate of drug-likeness (QED) is 0.851. The minimum atomic E-state index is -0.222. The van der Waals surface area contributed by atoms with Gasteiger partial charge in [0.05, 0.1) is 17.4 Å². The molecule has 0 aliphatic heterocycles. The van der Waals surface area contributed by atoms with Crippen LogP contribution in [0, 0.1) is 6.92 Å². The first-order chi connectivity index (χ1) is 8.73. The third-order valence-electron chi connectivity index (χ3n) is 2.77. The first-order valence-electron chi connectivity index (χ1n) is 6.81. The topological polar surface area (TPSA) is 59.0 Å². The maximum atomic E-state index is 11.9. The van der Waals surface area contributed by atoms with Crippen molar-refractivity contribution < 1.29 is 4.79 Å². The Balaban J connectivity index is 2.54. The maximum absolute atomic E-state index is 11.9. The van der Waals surface area contributed by atoms with E-state index in [2.05, 4.69) is 22.7 Å². The van der Waals surface area contributed by atoms with Crippen LogP contribution in [0.1, 0.15) is 46.0 Å². The van der Waals surface area contributed by atoms with Crippen LogP contribution in [0.3, 0.4) is 0 Å². The summed E-state index contributed by atoms with van der Waals surface area (Å²) in [5.41, 5.74) is 1.91. The maximum Gasteiger partial charge on any atom is 0.237 e. The van der Waals surface area contributed by atoms with E-state index < -0.39 is 0 Å². The second-order valence-corrected chi connectivity index (χ2v) is 5.93. The fraction of sp³-hybridized carbons (Fsp3) is 0.714. The van der Waals surface area contributed by atoms with Gasteiger partial charge in [-0.15, -0.1) is 0 Å². The summed E-state index contributed by atoms with van der Waals surface area (Å²) in [6.45, 7) is 13.3. The van der Waals surface area contributed by atoms with Gasteiger partial charge in [-0.25, -0.2) is 0 Å². The lowest BCUT2D eigenvalue weighted by molar-refractivity contribution is -0.124. The zero-order valence-electron chi connectivity index (χ0n) is 12.9. The number of aryl methyl sites for hydroxylation is 2. The molecule has 108 valence electrons. The van der Waals surface area contributed by atoms with E-state index in [1.807, 2.05) is 45.4 Å². The lowest BCUT2D eigenvalue weighted by Gasteiger charge is -2.23. The molecule has 5 heteroatoms. The summed E-state index contributed by atoms with van der Waals surface area (Å²) in [6.07, 6.45) is 0. The van der Waals surface area contributed by atoms with Crippen molar-refractivity contribution in [3.8, 4) is 0 Å². The lowest BCUT2D eigenvalue weighted by atomic mass is 10.1. The minimum absolute atomic E-state index is 0.0202. The number of carbonyl (C=O) groups is 1. The van der Waals surface area contributed by atoms with Gasteiger partial charge in [0.1, 0.15) is 0 Å². The van der Waals surface area contributed by atoms with E-state index in [0.717, 1.165) is 17.9 Å². The monoisotopic (exact) mass is 266 g/mol. The van der Waals surface area contributed by atoms with Gasteiger partial charge in [-0.05, 0) is 47.6 Å². The summed E-state index contributed by atoms with van der Waals surface area (Å²) >= 11 is 0. The Bertz CT molecular complexity index is 431. The van der Waals surface area contributed by atoms with Gasteiger partial charge in [-0.3, -0.25) is 9.48 Å². The molecule has 1 aromatic heterocycles. The van der Waals surface area contributed by atoms with Crippen molar-refractivity contribution in [2.75, 3.05) is 0 Å². The summed E-state index contributed by atoms with van der Waals surface area (Å²) in [5, 5.41) is 10.6. The molecule has 1 rings (SSSR count). The number of hydrogen-bond acceptors (Lipinski definition) is 3. The number of carbonyl (C=O) groups excluding carboxylic acids is 1. The summed E-state index contributed by atoms with van der Waals surface area (Å²) in [7, 11) is 0. The van der Waals surface area contributed by atoms with Gasteiger partial charge in [-0.2, -0.15) is 5.10 Å². The Morgan fingerprint density at radius 1 is 1.47 bits per heavy atom. The van der Waals surface area contributed by atoms with Crippen molar-refractivity contribution in [3.05, 3.63) is 17.5 Å². The van der Waals surface area contributed by atoms with Gasteiger partial charge in [0.2, 0.25) is 5.91 Å². The van der Waals surface area contributed by atoms with Crippen LogP contribution in [-0.2, 0) is 17.9 Å². The molecule has 5 nitrogen and oxygen atoms in total. The average Bonchev–Trinajstić information content (AvgIpc) is 2.64. The predicted octanol–water partition coefficient (Wildman–Crippen LogP) is 1.60. The molecule has 0 aliphatic carbocycles. The Hall–Kier alpha value is -1.36. The molecule has 1 unspecified atom stereocenters. The molecule has 0 aliphatic rings. The molecule has 0 radical (unpaired) electrons. The molecule has 0 saturated carbocycles. The summed E-state index contributed by atoms with van der Waals surface area (Å²) < 4.78 is 1.96. The number of nitrogens with zero attached hydrogens (tertiary/aromatic N) is 2. The normalized spacial score (nSPS) is 13.4. The van der Waals surface area contributed by atoms with E-state index in [1.165, 1.54) is 0 Å². The van der Waals surface area contributed by atoms with Crippen LogP contribution < -0.4 is 10.6 Å². The van der Waals surface area contributed by atoms with Crippen LogP contribution in [0.2, 0.25) is 0 Å². The number of hydrogen-bond donors (Lipinski definition) is 2. The molecule has 1 amide bonds. The van der Waals surface area contributed by atoms with Crippen molar-refractivity contribution in [1.29, 1.82) is 0 Å². The Labute approximate surface area is 115 Å². The lowest BCUT2D eigenvalue weighted by Crippen LogP contribution is -2.49. The van der Waals surface area contributed by atoms with Crippen LogP contribution in [0.15, 0.2) is 6.07 Å². The highest BCUT2D eigenvalue weighted by molar-refractivity contribution is 5.81. The summed E-state index contributed by atoms with van der Waals surface area (Å²) in [6, 6.07) is 1.82. The van der Waals surface area contributed by atoms with Gasteiger partial charge >= 0.3 is 0 Å². The molecular formula is C14H26N4O. The molecule has 1 atom stereocenters. The minimum Gasteiger partial charge on any atom is -0.350 e. The largest absolute Gasteiger partial charge is 0.350 e. The SMILES string of the molecule is CCn1nc(C)cc1CNC(C)C(=O)NC(C)(C)C. The Morgan fingerprint density at radius 2 is 2.11 bits per heavy atom. The highest BCUT2D eigenvalue weighted by Crippen LogP contribution is 2.04. The van der Waals surface area contributed by atoms with Crippen molar-refractivity contribution >= 4 is 5.91 Å². The van der Waals surface area contributed by atoms with E-state index >= 15 is 0 Å². The van der Waals surface area contributed by atoms with Gasteiger partial charge in [0.15, 0.2) is 0 Å². The fourth-order valence-electron chi connectivity index (χ4n) is 1.84. The van der Waals surface area contributed by atoms with E-state index in [1.54, 1.807) is 0 Å². The second kappa shape index (κ2) is 6.19. The van der Waals surface area contributed by atoms with Gasteiger partial charge < -0.3 is 10.6 Å². The molecule has 0 bridgehead atoms. The molecule has 0 aromatic carbocycles. The first-order valence-corrected chi connectivity index (χ1v) is 6.81.